The van der Waals surface area contributed by atoms with Crippen LogP contribution in [0, 0.1) is 18.6 Å². The molecule has 134 valence electrons. The van der Waals surface area contributed by atoms with Crippen molar-refractivity contribution in [3.8, 4) is 0 Å². The summed E-state index contributed by atoms with van der Waals surface area (Å²) in [5.41, 5.74) is 2.50. The molecule has 0 saturated carbocycles. The Morgan fingerprint density at radius 3 is 2.56 bits per heavy atom. The van der Waals surface area contributed by atoms with Gasteiger partial charge in [0.05, 0.1) is 12.6 Å². The zero-order chi connectivity index (χ0) is 18.4. The Labute approximate surface area is 146 Å². The lowest BCUT2D eigenvalue weighted by molar-refractivity contribution is 0.275. The van der Waals surface area contributed by atoms with Gasteiger partial charge in [0, 0.05) is 19.2 Å². The molecule has 0 spiro atoms. The number of aliphatic imine (C=N–C) groups is 1. The fourth-order valence-electron chi connectivity index (χ4n) is 2.41. The molecule has 2 rings (SSSR count). The molecule has 0 aliphatic carbocycles. The highest BCUT2D eigenvalue weighted by Crippen LogP contribution is 2.16. The summed E-state index contributed by atoms with van der Waals surface area (Å²) < 4.78 is 27.1. The second-order valence-electron chi connectivity index (χ2n) is 5.88. The molecule has 4 nitrogen and oxygen atoms in total. The van der Waals surface area contributed by atoms with Crippen LogP contribution in [0.25, 0.3) is 0 Å². The molecule has 0 radical (unpaired) electrons. The summed E-state index contributed by atoms with van der Waals surface area (Å²) in [6.07, 6.45) is 0. The summed E-state index contributed by atoms with van der Waals surface area (Å²) in [5.74, 6) is -0.121. The van der Waals surface area contributed by atoms with E-state index in [0.717, 1.165) is 11.1 Å². The number of aliphatic hydroxyl groups is 1. The Kier molecular flexibility index (Phi) is 6.47. The highest BCUT2D eigenvalue weighted by Gasteiger charge is 2.10. The van der Waals surface area contributed by atoms with Crippen LogP contribution in [0.2, 0.25) is 0 Å². The van der Waals surface area contributed by atoms with E-state index in [0.29, 0.717) is 18.1 Å². The highest BCUT2D eigenvalue weighted by atomic mass is 19.1. The molecule has 0 bridgehead atoms. The maximum Gasteiger partial charge on any atom is 0.191 e. The van der Waals surface area contributed by atoms with Gasteiger partial charge in [-0.3, -0.25) is 4.99 Å². The molecule has 2 aromatic carbocycles. The van der Waals surface area contributed by atoms with E-state index < -0.39 is 5.82 Å². The zero-order valence-electron chi connectivity index (χ0n) is 14.6. The van der Waals surface area contributed by atoms with Crippen molar-refractivity contribution in [3.05, 3.63) is 70.3 Å². The number of hydrogen-bond donors (Lipinski definition) is 3. The Balaban J connectivity index is 1.99. The van der Waals surface area contributed by atoms with E-state index in [4.69, 9.17) is 5.11 Å². The molecule has 2 aromatic rings. The molecular weight excluding hydrogens is 324 g/mol. The smallest absolute Gasteiger partial charge is 0.191 e. The molecule has 1 unspecified atom stereocenters. The average Bonchev–Trinajstić information content (AvgIpc) is 2.61. The standard InChI is InChI=1S/C19H23F2N3O/c1-12-4-6-15(9-18(12)21)13(2)24-19(22-3)23-10-14-5-7-17(20)16(8-14)11-25/h4-9,13,25H,10-11H2,1-3H3,(H2,22,23,24). The van der Waals surface area contributed by atoms with Crippen LogP contribution < -0.4 is 10.6 Å². The van der Waals surface area contributed by atoms with Crippen molar-refractivity contribution >= 4 is 5.96 Å². The summed E-state index contributed by atoms with van der Waals surface area (Å²) in [6.45, 7) is 3.71. The quantitative estimate of drug-likeness (QED) is 0.575. The molecule has 0 saturated heterocycles. The molecule has 0 heterocycles. The molecule has 3 N–H and O–H groups in total. The third-order valence-electron chi connectivity index (χ3n) is 4.01. The predicted molar refractivity (Wildman–Crippen MR) is 95.2 cm³/mol. The van der Waals surface area contributed by atoms with Crippen LogP contribution in [0.5, 0.6) is 0 Å². The topological polar surface area (TPSA) is 56.7 Å². The summed E-state index contributed by atoms with van der Waals surface area (Å²) >= 11 is 0. The van der Waals surface area contributed by atoms with Crippen molar-refractivity contribution in [3.63, 3.8) is 0 Å². The van der Waals surface area contributed by atoms with Gasteiger partial charge in [-0.05, 0) is 48.7 Å². The number of benzene rings is 2. The van der Waals surface area contributed by atoms with E-state index in [9.17, 15) is 8.78 Å². The first-order valence-corrected chi connectivity index (χ1v) is 8.06. The van der Waals surface area contributed by atoms with Gasteiger partial charge in [-0.25, -0.2) is 8.78 Å². The Hall–Kier alpha value is -2.47. The van der Waals surface area contributed by atoms with E-state index in [1.807, 2.05) is 13.0 Å². The first kappa shape index (κ1) is 18.9. The average molecular weight is 347 g/mol. The van der Waals surface area contributed by atoms with E-state index in [1.165, 1.54) is 12.1 Å². The van der Waals surface area contributed by atoms with Gasteiger partial charge in [0.15, 0.2) is 5.96 Å². The Bertz CT molecular complexity index is 762. The SMILES string of the molecule is CN=C(NCc1ccc(F)c(CO)c1)NC(C)c1ccc(C)c(F)c1. The van der Waals surface area contributed by atoms with Gasteiger partial charge in [-0.2, -0.15) is 0 Å². The van der Waals surface area contributed by atoms with Crippen molar-refractivity contribution in [2.75, 3.05) is 7.05 Å². The summed E-state index contributed by atoms with van der Waals surface area (Å²) in [7, 11) is 1.64. The van der Waals surface area contributed by atoms with Gasteiger partial charge < -0.3 is 15.7 Å². The number of aryl methyl sites for hydroxylation is 1. The van der Waals surface area contributed by atoms with E-state index in [2.05, 4.69) is 15.6 Å². The van der Waals surface area contributed by atoms with Crippen LogP contribution in [-0.4, -0.2) is 18.1 Å². The van der Waals surface area contributed by atoms with Crippen molar-refractivity contribution in [1.82, 2.24) is 10.6 Å². The fourth-order valence-corrected chi connectivity index (χ4v) is 2.41. The summed E-state index contributed by atoms with van der Waals surface area (Å²) in [4.78, 5) is 4.15. The Morgan fingerprint density at radius 2 is 1.92 bits per heavy atom. The maximum atomic E-state index is 13.7. The minimum atomic E-state index is -0.427. The molecule has 0 amide bonds. The van der Waals surface area contributed by atoms with Gasteiger partial charge >= 0.3 is 0 Å². The second-order valence-corrected chi connectivity index (χ2v) is 5.88. The molecule has 0 aliphatic rings. The third kappa shape index (κ3) is 5.00. The number of halogens is 2. The van der Waals surface area contributed by atoms with E-state index in [1.54, 1.807) is 32.2 Å². The van der Waals surface area contributed by atoms with Gasteiger partial charge in [-0.1, -0.05) is 18.2 Å². The van der Waals surface area contributed by atoms with Crippen LogP contribution in [0.15, 0.2) is 41.4 Å². The van der Waals surface area contributed by atoms with Crippen LogP contribution in [-0.2, 0) is 13.2 Å². The van der Waals surface area contributed by atoms with Crippen molar-refractivity contribution in [1.29, 1.82) is 0 Å². The minimum absolute atomic E-state index is 0.137. The van der Waals surface area contributed by atoms with Crippen LogP contribution in [0.1, 0.15) is 35.2 Å². The molecule has 25 heavy (non-hydrogen) atoms. The largest absolute Gasteiger partial charge is 0.392 e. The second kappa shape index (κ2) is 8.58. The van der Waals surface area contributed by atoms with Gasteiger partial charge in [0.25, 0.3) is 0 Å². The van der Waals surface area contributed by atoms with Gasteiger partial charge in [0.1, 0.15) is 11.6 Å². The minimum Gasteiger partial charge on any atom is -0.392 e. The van der Waals surface area contributed by atoms with Gasteiger partial charge in [0.2, 0.25) is 0 Å². The number of nitrogens with one attached hydrogen (secondary N) is 2. The van der Waals surface area contributed by atoms with Crippen molar-refractivity contribution < 1.29 is 13.9 Å². The van der Waals surface area contributed by atoms with Crippen LogP contribution in [0.4, 0.5) is 8.78 Å². The lowest BCUT2D eigenvalue weighted by atomic mass is 10.1. The number of rotatable bonds is 5. The molecule has 1 atom stereocenters. The molecule has 6 heteroatoms. The van der Waals surface area contributed by atoms with E-state index in [-0.39, 0.29) is 24.0 Å². The molecule has 0 aromatic heterocycles. The number of guanidine groups is 1. The number of hydrogen-bond acceptors (Lipinski definition) is 2. The summed E-state index contributed by atoms with van der Waals surface area (Å²) in [5, 5.41) is 15.4. The van der Waals surface area contributed by atoms with Crippen LogP contribution >= 0.6 is 0 Å². The van der Waals surface area contributed by atoms with E-state index >= 15 is 0 Å². The maximum absolute atomic E-state index is 13.7. The molecule has 0 aliphatic heterocycles. The predicted octanol–water partition coefficient (Wildman–Crippen LogP) is 3.19. The third-order valence-corrected chi connectivity index (χ3v) is 4.01. The lowest BCUT2D eigenvalue weighted by Crippen LogP contribution is -2.38. The zero-order valence-corrected chi connectivity index (χ0v) is 14.6. The lowest BCUT2D eigenvalue weighted by Gasteiger charge is -2.19. The Morgan fingerprint density at radius 1 is 1.16 bits per heavy atom. The van der Waals surface area contributed by atoms with Crippen LogP contribution in [0.3, 0.4) is 0 Å². The number of aliphatic hydroxyl groups excluding tert-OH is 1. The van der Waals surface area contributed by atoms with Crippen molar-refractivity contribution in [2.45, 2.75) is 33.0 Å². The monoisotopic (exact) mass is 347 g/mol. The van der Waals surface area contributed by atoms with Crippen molar-refractivity contribution in [2.24, 2.45) is 4.99 Å². The number of nitrogens with zero attached hydrogens (tertiary/aromatic N) is 1. The first-order valence-electron chi connectivity index (χ1n) is 8.06. The first-order chi connectivity index (χ1) is 11.9. The summed E-state index contributed by atoms with van der Waals surface area (Å²) in [6, 6.07) is 9.57. The highest BCUT2D eigenvalue weighted by molar-refractivity contribution is 5.80. The fraction of sp³-hybridized carbons (Fsp3) is 0.316. The normalized spacial score (nSPS) is 12.8. The van der Waals surface area contributed by atoms with Gasteiger partial charge in [-0.15, -0.1) is 0 Å². The molecular formula is C19H23F2N3O. The molecule has 0 fully saturated rings.